The number of hydrogen-bond acceptors (Lipinski definition) is 2. The minimum absolute atomic E-state index is 0.747. The van der Waals surface area contributed by atoms with E-state index in [0.717, 1.165) is 36.3 Å². The molecule has 1 heterocycles. The molecule has 0 saturated carbocycles. The van der Waals surface area contributed by atoms with E-state index in [1.807, 2.05) is 6.07 Å². The number of fused-ring (bicyclic) bond motifs is 1. The highest BCUT2D eigenvalue weighted by atomic mass is 79.9. The van der Waals surface area contributed by atoms with Gasteiger partial charge in [0.25, 0.3) is 0 Å². The van der Waals surface area contributed by atoms with Crippen LogP contribution in [0.3, 0.4) is 0 Å². The molecule has 2 aromatic carbocycles. The molecule has 0 saturated heterocycles. The van der Waals surface area contributed by atoms with Gasteiger partial charge in [-0.15, -0.1) is 0 Å². The van der Waals surface area contributed by atoms with Crippen molar-refractivity contribution in [1.29, 1.82) is 0 Å². The van der Waals surface area contributed by atoms with Gasteiger partial charge in [-0.2, -0.15) is 0 Å². The van der Waals surface area contributed by atoms with Crippen molar-refractivity contribution in [2.75, 3.05) is 18.1 Å². The third kappa shape index (κ3) is 2.83. The fraction of sp³-hybridized carbons (Fsp3) is 0.294. The van der Waals surface area contributed by atoms with E-state index in [2.05, 4.69) is 64.2 Å². The Labute approximate surface area is 128 Å². The molecule has 1 aliphatic rings. The summed E-state index contributed by atoms with van der Waals surface area (Å²) in [6, 6.07) is 15.1. The van der Waals surface area contributed by atoms with Crippen molar-refractivity contribution >= 4 is 21.6 Å². The Bertz CT molecular complexity index is 594. The van der Waals surface area contributed by atoms with Crippen LogP contribution < -0.4 is 9.64 Å². The highest BCUT2D eigenvalue weighted by molar-refractivity contribution is 9.10. The lowest BCUT2D eigenvalue weighted by atomic mass is 10.1. The molecule has 104 valence electrons. The molecule has 2 nitrogen and oxygen atoms in total. The lowest BCUT2D eigenvalue weighted by Gasteiger charge is -2.31. The quantitative estimate of drug-likeness (QED) is 0.825. The van der Waals surface area contributed by atoms with Gasteiger partial charge in [0.15, 0.2) is 0 Å². The van der Waals surface area contributed by atoms with Crippen LogP contribution in [0.5, 0.6) is 5.75 Å². The van der Waals surface area contributed by atoms with Crippen molar-refractivity contribution in [3.8, 4) is 5.75 Å². The highest BCUT2D eigenvalue weighted by Gasteiger charge is 2.18. The molecule has 0 unspecified atom stereocenters. The van der Waals surface area contributed by atoms with E-state index in [0.29, 0.717) is 0 Å². The van der Waals surface area contributed by atoms with Gasteiger partial charge in [-0.05, 0) is 35.7 Å². The second kappa shape index (κ2) is 5.88. The molecule has 20 heavy (non-hydrogen) atoms. The summed E-state index contributed by atoms with van der Waals surface area (Å²) in [7, 11) is 0. The summed E-state index contributed by atoms with van der Waals surface area (Å²) in [5.41, 5.74) is 3.91. The van der Waals surface area contributed by atoms with Gasteiger partial charge >= 0.3 is 0 Å². The first-order chi connectivity index (χ1) is 9.76. The van der Waals surface area contributed by atoms with Crippen molar-refractivity contribution < 1.29 is 4.74 Å². The summed E-state index contributed by atoms with van der Waals surface area (Å²) < 4.78 is 6.80. The summed E-state index contributed by atoms with van der Waals surface area (Å²) in [6.07, 6.45) is 1.09. The molecule has 0 aromatic heterocycles. The number of halogens is 1. The molecule has 3 rings (SSSR count). The second-order valence-corrected chi connectivity index (χ2v) is 5.97. The van der Waals surface area contributed by atoms with Crippen LogP contribution in [0.4, 0.5) is 5.69 Å². The highest BCUT2D eigenvalue weighted by Crippen LogP contribution is 2.34. The summed E-state index contributed by atoms with van der Waals surface area (Å²) in [5, 5.41) is 0. The van der Waals surface area contributed by atoms with Crippen LogP contribution in [0.1, 0.15) is 18.1 Å². The first-order valence-electron chi connectivity index (χ1n) is 7.01. The van der Waals surface area contributed by atoms with Gasteiger partial charge in [0.2, 0.25) is 0 Å². The zero-order chi connectivity index (χ0) is 13.9. The normalized spacial score (nSPS) is 13.8. The van der Waals surface area contributed by atoms with Gasteiger partial charge in [-0.25, -0.2) is 0 Å². The van der Waals surface area contributed by atoms with Gasteiger partial charge in [0.1, 0.15) is 12.4 Å². The standard InChI is InChI=1S/C17H18BrNO/c1-2-13-3-5-14(6-4-13)12-19-9-10-20-17-11-15(18)7-8-16(17)19/h3-8,11H,2,9-10,12H2,1H3. The lowest BCUT2D eigenvalue weighted by Crippen LogP contribution is -2.32. The van der Waals surface area contributed by atoms with Crippen LogP contribution in [-0.2, 0) is 13.0 Å². The van der Waals surface area contributed by atoms with Crippen LogP contribution in [0.25, 0.3) is 0 Å². The number of nitrogens with zero attached hydrogens (tertiary/aromatic N) is 1. The SMILES string of the molecule is CCc1ccc(CN2CCOc3cc(Br)ccc32)cc1. The maximum atomic E-state index is 5.74. The first kappa shape index (κ1) is 13.5. The number of ether oxygens (including phenoxy) is 1. The number of hydrogen-bond donors (Lipinski definition) is 0. The van der Waals surface area contributed by atoms with Gasteiger partial charge < -0.3 is 9.64 Å². The van der Waals surface area contributed by atoms with E-state index < -0.39 is 0 Å². The maximum Gasteiger partial charge on any atom is 0.143 e. The monoisotopic (exact) mass is 331 g/mol. The number of aryl methyl sites for hydroxylation is 1. The predicted molar refractivity (Wildman–Crippen MR) is 86.5 cm³/mol. The van der Waals surface area contributed by atoms with E-state index in [4.69, 9.17) is 4.74 Å². The summed E-state index contributed by atoms with van der Waals surface area (Å²) in [4.78, 5) is 2.38. The van der Waals surface area contributed by atoms with Gasteiger partial charge in [-0.3, -0.25) is 0 Å². The lowest BCUT2D eigenvalue weighted by molar-refractivity contribution is 0.306. The van der Waals surface area contributed by atoms with Gasteiger partial charge in [-0.1, -0.05) is 47.1 Å². The largest absolute Gasteiger partial charge is 0.490 e. The Hall–Kier alpha value is -1.48. The molecule has 0 aliphatic carbocycles. The Balaban J connectivity index is 1.81. The zero-order valence-electron chi connectivity index (χ0n) is 11.6. The molecule has 1 aliphatic heterocycles. The molecule has 0 spiro atoms. The molecule has 2 aromatic rings. The fourth-order valence-corrected chi connectivity index (χ4v) is 2.86. The molecule has 0 bridgehead atoms. The van der Waals surface area contributed by atoms with Crippen molar-refractivity contribution in [3.05, 3.63) is 58.1 Å². The van der Waals surface area contributed by atoms with Crippen LogP contribution in [0.2, 0.25) is 0 Å². The first-order valence-corrected chi connectivity index (χ1v) is 7.80. The average Bonchev–Trinajstić information content (AvgIpc) is 2.48. The van der Waals surface area contributed by atoms with Gasteiger partial charge in [0, 0.05) is 11.0 Å². The average molecular weight is 332 g/mol. The molecule has 0 radical (unpaired) electrons. The Kier molecular flexibility index (Phi) is 3.97. The minimum Gasteiger partial charge on any atom is -0.490 e. The van der Waals surface area contributed by atoms with Crippen LogP contribution in [0, 0.1) is 0 Å². The third-order valence-corrected chi connectivity index (χ3v) is 4.18. The maximum absolute atomic E-state index is 5.74. The number of rotatable bonds is 3. The van der Waals surface area contributed by atoms with E-state index in [1.165, 1.54) is 16.8 Å². The molecule has 0 N–H and O–H groups in total. The number of anilines is 1. The predicted octanol–water partition coefficient (Wildman–Crippen LogP) is 4.41. The summed E-state index contributed by atoms with van der Waals surface area (Å²) in [5.74, 6) is 0.968. The smallest absolute Gasteiger partial charge is 0.143 e. The Morgan fingerprint density at radius 2 is 1.85 bits per heavy atom. The zero-order valence-corrected chi connectivity index (χ0v) is 13.2. The second-order valence-electron chi connectivity index (χ2n) is 5.05. The molecular formula is C17H18BrNO. The summed E-state index contributed by atoms with van der Waals surface area (Å²) >= 11 is 3.49. The van der Waals surface area contributed by atoms with Crippen molar-refractivity contribution in [2.45, 2.75) is 19.9 Å². The molecule has 3 heteroatoms. The van der Waals surface area contributed by atoms with Crippen LogP contribution in [0.15, 0.2) is 46.9 Å². The Morgan fingerprint density at radius 3 is 2.60 bits per heavy atom. The van der Waals surface area contributed by atoms with Crippen molar-refractivity contribution in [2.24, 2.45) is 0 Å². The van der Waals surface area contributed by atoms with E-state index in [1.54, 1.807) is 0 Å². The third-order valence-electron chi connectivity index (χ3n) is 3.69. The van der Waals surface area contributed by atoms with Crippen molar-refractivity contribution in [1.82, 2.24) is 0 Å². The number of benzene rings is 2. The van der Waals surface area contributed by atoms with E-state index >= 15 is 0 Å². The fourth-order valence-electron chi connectivity index (χ4n) is 2.52. The van der Waals surface area contributed by atoms with Gasteiger partial charge in [0.05, 0.1) is 12.2 Å². The van der Waals surface area contributed by atoms with E-state index in [-0.39, 0.29) is 0 Å². The Morgan fingerprint density at radius 1 is 1.10 bits per heavy atom. The van der Waals surface area contributed by atoms with Crippen LogP contribution in [-0.4, -0.2) is 13.2 Å². The molecule has 0 atom stereocenters. The minimum atomic E-state index is 0.747. The molecular weight excluding hydrogens is 314 g/mol. The molecule has 0 amide bonds. The van der Waals surface area contributed by atoms with Crippen molar-refractivity contribution in [3.63, 3.8) is 0 Å². The topological polar surface area (TPSA) is 12.5 Å². The van der Waals surface area contributed by atoms with Crippen LogP contribution >= 0.6 is 15.9 Å². The van der Waals surface area contributed by atoms with E-state index in [9.17, 15) is 0 Å². The molecule has 0 fully saturated rings. The summed E-state index contributed by atoms with van der Waals surface area (Å²) in [6.45, 7) is 4.80.